The van der Waals surface area contributed by atoms with Crippen LogP contribution in [0.25, 0.3) is 6.08 Å². The Balaban J connectivity index is 1.27. The molecule has 1 amide bonds. The van der Waals surface area contributed by atoms with Gasteiger partial charge in [-0.3, -0.25) is 9.69 Å². The fraction of sp³-hybridized carbons (Fsp3) is 0.269. The number of nitrogens with zero attached hydrogens (tertiary/aromatic N) is 1. The molecule has 0 bridgehead atoms. The maximum Gasteiger partial charge on any atom is 0.244 e. The van der Waals surface area contributed by atoms with Crippen LogP contribution in [0, 0.1) is 0 Å². The minimum atomic E-state index is -0.0933. The third kappa shape index (κ3) is 6.53. The number of rotatable bonds is 9. The monoisotopic (exact) mass is 448 g/mol. The van der Waals surface area contributed by atoms with Crippen LogP contribution < -0.4 is 10.1 Å². The highest BCUT2D eigenvalue weighted by Gasteiger charge is 2.23. The lowest BCUT2D eigenvalue weighted by Gasteiger charge is -2.34. The maximum atomic E-state index is 12.4. The Kier molecular flexibility index (Phi) is 8.09. The summed E-state index contributed by atoms with van der Waals surface area (Å²) in [6.07, 6.45) is 3.41. The van der Waals surface area contributed by atoms with E-state index in [2.05, 4.69) is 27.7 Å². The zero-order chi connectivity index (χ0) is 22.0. The SMILES string of the molecule is O=C(/C=C/c1ccc(OCc2ccccc2)cc1)NC[C@H](c1cccs1)N1CCOCC1. The van der Waals surface area contributed by atoms with Gasteiger partial charge >= 0.3 is 0 Å². The lowest BCUT2D eigenvalue weighted by Crippen LogP contribution is -2.43. The van der Waals surface area contributed by atoms with Gasteiger partial charge in [0.25, 0.3) is 0 Å². The van der Waals surface area contributed by atoms with Crippen molar-refractivity contribution in [2.45, 2.75) is 12.6 Å². The number of benzene rings is 2. The number of hydrogen-bond acceptors (Lipinski definition) is 5. The molecule has 32 heavy (non-hydrogen) atoms. The molecule has 2 heterocycles. The van der Waals surface area contributed by atoms with E-state index in [1.807, 2.05) is 60.7 Å². The van der Waals surface area contributed by atoms with Gasteiger partial charge in [0.15, 0.2) is 0 Å². The molecule has 1 atom stereocenters. The zero-order valence-electron chi connectivity index (χ0n) is 18.0. The molecule has 6 heteroatoms. The van der Waals surface area contributed by atoms with Crippen LogP contribution >= 0.6 is 11.3 Å². The Morgan fingerprint density at radius 1 is 1.06 bits per heavy atom. The van der Waals surface area contributed by atoms with Crippen LogP contribution in [0.3, 0.4) is 0 Å². The minimum Gasteiger partial charge on any atom is -0.489 e. The summed E-state index contributed by atoms with van der Waals surface area (Å²) < 4.78 is 11.3. The number of ether oxygens (including phenoxy) is 2. The van der Waals surface area contributed by atoms with E-state index < -0.39 is 0 Å². The van der Waals surface area contributed by atoms with Crippen LogP contribution in [0.5, 0.6) is 5.75 Å². The van der Waals surface area contributed by atoms with Crippen molar-refractivity contribution in [3.8, 4) is 5.75 Å². The van der Waals surface area contributed by atoms with Crippen LogP contribution in [0.15, 0.2) is 78.2 Å². The van der Waals surface area contributed by atoms with Crippen LogP contribution in [0.1, 0.15) is 22.0 Å². The van der Waals surface area contributed by atoms with Gasteiger partial charge in [0.2, 0.25) is 5.91 Å². The number of carbonyl (C=O) groups excluding carboxylic acids is 1. The number of amides is 1. The van der Waals surface area contributed by atoms with Crippen molar-refractivity contribution in [2.24, 2.45) is 0 Å². The van der Waals surface area contributed by atoms with Crippen molar-refractivity contribution < 1.29 is 14.3 Å². The lowest BCUT2D eigenvalue weighted by atomic mass is 10.1. The molecule has 3 aromatic rings. The van der Waals surface area contributed by atoms with Crippen molar-refractivity contribution in [2.75, 3.05) is 32.8 Å². The van der Waals surface area contributed by atoms with Crippen LogP contribution in [-0.2, 0) is 16.1 Å². The number of nitrogens with one attached hydrogen (secondary N) is 1. The largest absolute Gasteiger partial charge is 0.489 e. The van der Waals surface area contributed by atoms with E-state index >= 15 is 0 Å². The number of thiophene rings is 1. The molecule has 0 aliphatic carbocycles. The van der Waals surface area contributed by atoms with Crippen molar-refractivity contribution in [3.05, 3.63) is 94.2 Å². The van der Waals surface area contributed by atoms with Crippen molar-refractivity contribution in [3.63, 3.8) is 0 Å². The second kappa shape index (κ2) is 11.6. The highest BCUT2D eigenvalue weighted by atomic mass is 32.1. The summed E-state index contributed by atoms with van der Waals surface area (Å²) in [5.41, 5.74) is 2.08. The van der Waals surface area contributed by atoms with E-state index in [9.17, 15) is 4.79 Å². The summed E-state index contributed by atoms with van der Waals surface area (Å²) in [7, 11) is 0. The normalized spacial score (nSPS) is 15.5. The van der Waals surface area contributed by atoms with Gasteiger partial charge < -0.3 is 14.8 Å². The molecule has 1 aliphatic rings. The van der Waals surface area contributed by atoms with Gasteiger partial charge in [-0.15, -0.1) is 11.3 Å². The average molecular weight is 449 g/mol. The van der Waals surface area contributed by atoms with E-state index in [-0.39, 0.29) is 11.9 Å². The summed E-state index contributed by atoms with van der Waals surface area (Å²) >= 11 is 1.73. The molecule has 0 spiro atoms. The van der Waals surface area contributed by atoms with E-state index in [0.717, 1.165) is 43.2 Å². The van der Waals surface area contributed by atoms with Gasteiger partial charge in [-0.2, -0.15) is 0 Å². The molecule has 0 radical (unpaired) electrons. The Labute approximate surface area is 193 Å². The van der Waals surface area contributed by atoms with Gasteiger partial charge in [0.1, 0.15) is 12.4 Å². The summed E-state index contributed by atoms with van der Waals surface area (Å²) in [5.74, 6) is 0.712. The first kappa shape index (κ1) is 22.3. The average Bonchev–Trinajstić information content (AvgIpc) is 3.38. The first-order chi connectivity index (χ1) is 15.8. The molecule has 0 unspecified atom stereocenters. The maximum absolute atomic E-state index is 12.4. The van der Waals surface area contributed by atoms with E-state index in [1.165, 1.54) is 4.88 Å². The fourth-order valence-corrected chi connectivity index (χ4v) is 4.48. The third-order valence-corrected chi connectivity index (χ3v) is 6.36. The quantitative estimate of drug-likeness (QED) is 0.489. The van der Waals surface area contributed by atoms with Gasteiger partial charge in [0, 0.05) is 30.6 Å². The number of morpholine rings is 1. The highest BCUT2D eigenvalue weighted by molar-refractivity contribution is 7.10. The highest BCUT2D eigenvalue weighted by Crippen LogP contribution is 2.25. The van der Waals surface area contributed by atoms with E-state index in [4.69, 9.17) is 9.47 Å². The molecule has 1 aliphatic heterocycles. The van der Waals surface area contributed by atoms with Crippen molar-refractivity contribution in [1.82, 2.24) is 10.2 Å². The predicted molar refractivity (Wildman–Crippen MR) is 129 cm³/mol. The summed E-state index contributed by atoms with van der Waals surface area (Å²) in [4.78, 5) is 16.1. The summed E-state index contributed by atoms with van der Waals surface area (Å²) in [5, 5.41) is 5.14. The standard InChI is InChI=1S/C26H28N2O3S/c29-26(27-19-24(25-7-4-18-32-25)28-14-16-30-17-15-28)13-10-21-8-11-23(12-9-21)31-20-22-5-2-1-3-6-22/h1-13,18,24H,14-17,19-20H2,(H,27,29)/b13-10+/t24-/m1/s1. The second-order valence-electron chi connectivity index (χ2n) is 7.60. The minimum absolute atomic E-state index is 0.0933. The third-order valence-electron chi connectivity index (χ3n) is 5.38. The molecule has 1 saturated heterocycles. The van der Waals surface area contributed by atoms with Crippen LogP contribution in [0.4, 0.5) is 0 Å². The van der Waals surface area contributed by atoms with Gasteiger partial charge in [-0.1, -0.05) is 48.5 Å². The molecule has 0 saturated carbocycles. The zero-order valence-corrected chi connectivity index (χ0v) is 18.8. The van der Waals surface area contributed by atoms with Gasteiger partial charge in [0.05, 0.1) is 19.3 Å². The lowest BCUT2D eigenvalue weighted by molar-refractivity contribution is -0.116. The molecule has 1 aromatic heterocycles. The summed E-state index contributed by atoms with van der Waals surface area (Å²) in [6.45, 7) is 4.35. The molecular weight excluding hydrogens is 420 g/mol. The molecular formula is C26H28N2O3S. The van der Waals surface area contributed by atoms with E-state index in [0.29, 0.717) is 13.2 Å². The predicted octanol–water partition coefficient (Wildman–Crippen LogP) is 4.53. The first-order valence-electron chi connectivity index (χ1n) is 10.9. The summed E-state index contributed by atoms with van der Waals surface area (Å²) in [6, 6.07) is 22.2. The van der Waals surface area contributed by atoms with Gasteiger partial charge in [-0.05, 0) is 40.8 Å². The van der Waals surface area contributed by atoms with Crippen LogP contribution in [-0.4, -0.2) is 43.7 Å². The van der Waals surface area contributed by atoms with Gasteiger partial charge in [-0.25, -0.2) is 0 Å². The smallest absolute Gasteiger partial charge is 0.244 e. The van der Waals surface area contributed by atoms with Crippen LogP contribution in [0.2, 0.25) is 0 Å². The molecule has 4 rings (SSSR count). The molecule has 1 N–H and O–H groups in total. The van der Waals surface area contributed by atoms with E-state index in [1.54, 1.807) is 17.4 Å². The number of carbonyl (C=O) groups is 1. The molecule has 1 fully saturated rings. The Hall–Kier alpha value is -2.93. The number of hydrogen-bond donors (Lipinski definition) is 1. The van der Waals surface area contributed by atoms with Crippen molar-refractivity contribution in [1.29, 1.82) is 0 Å². The second-order valence-corrected chi connectivity index (χ2v) is 8.58. The first-order valence-corrected chi connectivity index (χ1v) is 11.7. The topological polar surface area (TPSA) is 50.8 Å². The molecule has 166 valence electrons. The Bertz CT molecular complexity index is 982. The Morgan fingerprint density at radius 2 is 1.84 bits per heavy atom. The molecule has 2 aromatic carbocycles. The Morgan fingerprint density at radius 3 is 2.56 bits per heavy atom. The van der Waals surface area contributed by atoms with Crippen molar-refractivity contribution >= 4 is 23.3 Å². The molecule has 5 nitrogen and oxygen atoms in total. The fourth-order valence-electron chi connectivity index (χ4n) is 3.62.